The van der Waals surface area contributed by atoms with E-state index in [2.05, 4.69) is 0 Å². The van der Waals surface area contributed by atoms with Crippen molar-refractivity contribution in [2.45, 2.75) is 31.6 Å². The molecule has 0 spiro atoms. The first kappa shape index (κ1) is 5.63. The summed E-state index contributed by atoms with van der Waals surface area (Å²) in [5.74, 6) is 0.148. The number of rotatable bonds is 0. The van der Waals surface area contributed by atoms with E-state index < -0.39 is 12.3 Å². The van der Waals surface area contributed by atoms with Crippen LogP contribution in [0.25, 0.3) is 0 Å². The molecule has 2 saturated carbocycles. The highest BCUT2D eigenvalue weighted by molar-refractivity contribution is 4.97. The molecule has 2 heteroatoms. The highest BCUT2D eigenvalue weighted by Gasteiger charge is 2.48. The molecule has 9 heavy (non-hydrogen) atoms. The van der Waals surface area contributed by atoms with E-state index in [9.17, 15) is 8.78 Å². The Morgan fingerprint density at radius 1 is 0.889 bits per heavy atom. The van der Waals surface area contributed by atoms with Crippen molar-refractivity contribution in [1.82, 2.24) is 0 Å². The van der Waals surface area contributed by atoms with Crippen LogP contribution in [0.15, 0.2) is 0 Å². The summed E-state index contributed by atoms with van der Waals surface area (Å²) in [4.78, 5) is 0. The SMILES string of the molecule is F[C@@H]1[C@H]2CC[C@@H](C2)[C@H]1F. The summed E-state index contributed by atoms with van der Waals surface area (Å²) in [6.45, 7) is 0. The van der Waals surface area contributed by atoms with E-state index in [0.717, 1.165) is 19.3 Å². The molecule has 0 aromatic heterocycles. The summed E-state index contributed by atoms with van der Waals surface area (Å²) in [6, 6.07) is 0. The Labute approximate surface area is 53.2 Å². The fraction of sp³-hybridized carbons (Fsp3) is 1.00. The zero-order valence-corrected chi connectivity index (χ0v) is 5.19. The third-order valence-corrected chi connectivity index (χ3v) is 2.72. The molecule has 0 N–H and O–H groups in total. The van der Waals surface area contributed by atoms with Gasteiger partial charge in [0.05, 0.1) is 0 Å². The Morgan fingerprint density at radius 2 is 1.33 bits per heavy atom. The molecule has 0 heterocycles. The Morgan fingerprint density at radius 3 is 1.56 bits per heavy atom. The van der Waals surface area contributed by atoms with Crippen molar-refractivity contribution in [3.63, 3.8) is 0 Å². The maximum atomic E-state index is 12.6. The van der Waals surface area contributed by atoms with Gasteiger partial charge in [-0.3, -0.25) is 0 Å². The van der Waals surface area contributed by atoms with Crippen LogP contribution in [-0.2, 0) is 0 Å². The minimum atomic E-state index is -1.12. The van der Waals surface area contributed by atoms with Gasteiger partial charge in [-0.2, -0.15) is 0 Å². The van der Waals surface area contributed by atoms with Gasteiger partial charge >= 0.3 is 0 Å². The lowest BCUT2D eigenvalue weighted by molar-refractivity contribution is 0.109. The Bertz CT molecular complexity index is 106. The average Bonchev–Trinajstić information content (AvgIpc) is 2.37. The summed E-state index contributed by atoms with van der Waals surface area (Å²) >= 11 is 0. The van der Waals surface area contributed by atoms with E-state index in [1.54, 1.807) is 0 Å². The second kappa shape index (κ2) is 1.68. The van der Waals surface area contributed by atoms with Crippen molar-refractivity contribution < 1.29 is 8.78 Å². The number of hydrogen-bond donors (Lipinski definition) is 0. The molecule has 4 atom stereocenters. The summed E-state index contributed by atoms with van der Waals surface area (Å²) in [7, 11) is 0. The van der Waals surface area contributed by atoms with Crippen LogP contribution in [0, 0.1) is 11.8 Å². The zero-order chi connectivity index (χ0) is 6.43. The van der Waals surface area contributed by atoms with Crippen LogP contribution in [0.3, 0.4) is 0 Å². The number of hydrogen-bond acceptors (Lipinski definition) is 0. The number of fused-ring (bicyclic) bond motifs is 2. The molecule has 2 bridgehead atoms. The van der Waals surface area contributed by atoms with Crippen LogP contribution in [-0.4, -0.2) is 12.3 Å². The van der Waals surface area contributed by atoms with Gasteiger partial charge in [0, 0.05) is 0 Å². The standard InChI is InChI=1S/C7H10F2/c8-6-4-1-2-5(3-4)7(6)9/h4-7H,1-3H2/t4-,5-,6+,7+/m0/s1. The fourth-order valence-electron chi connectivity index (χ4n) is 2.15. The van der Waals surface area contributed by atoms with Crippen LogP contribution in [0.2, 0.25) is 0 Å². The highest BCUT2D eigenvalue weighted by Crippen LogP contribution is 2.47. The molecule has 0 amide bonds. The van der Waals surface area contributed by atoms with Crippen LogP contribution in [0.5, 0.6) is 0 Å². The second-order valence-corrected chi connectivity index (χ2v) is 3.22. The van der Waals surface area contributed by atoms with Crippen LogP contribution in [0.4, 0.5) is 8.78 Å². The second-order valence-electron chi connectivity index (χ2n) is 3.22. The van der Waals surface area contributed by atoms with Gasteiger partial charge in [0.15, 0.2) is 0 Å². The topological polar surface area (TPSA) is 0 Å². The molecular weight excluding hydrogens is 122 g/mol. The first-order chi connectivity index (χ1) is 4.29. The van der Waals surface area contributed by atoms with Crippen molar-refractivity contribution >= 4 is 0 Å². The maximum absolute atomic E-state index is 12.6. The normalized spacial score (nSPS) is 56.7. The molecular formula is C7H10F2. The predicted molar refractivity (Wildman–Crippen MR) is 30.6 cm³/mol. The van der Waals surface area contributed by atoms with E-state index in [1.807, 2.05) is 0 Å². The third kappa shape index (κ3) is 0.620. The third-order valence-electron chi connectivity index (χ3n) is 2.72. The lowest BCUT2D eigenvalue weighted by atomic mass is 9.97. The van der Waals surface area contributed by atoms with E-state index in [0.29, 0.717) is 0 Å². The lowest BCUT2D eigenvalue weighted by Gasteiger charge is -2.17. The van der Waals surface area contributed by atoms with Crippen molar-refractivity contribution in [3.8, 4) is 0 Å². The monoisotopic (exact) mass is 132 g/mol. The highest BCUT2D eigenvalue weighted by atomic mass is 19.2. The predicted octanol–water partition coefficient (Wildman–Crippen LogP) is 2.09. The van der Waals surface area contributed by atoms with E-state index in [1.165, 1.54) is 0 Å². The van der Waals surface area contributed by atoms with E-state index >= 15 is 0 Å². The molecule has 0 saturated heterocycles. The Kier molecular flexibility index (Phi) is 1.05. The van der Waals surface area contributed by atoms with E-state index in [-0.39, 0.29) is 11.8 Å². The molecule has 0 aromatic rings. The molecule has 2 aliphatic carbocycles. The van der Waals surface area contributed by atoms with Crippen molar-refractivity contribution in [2.75, 3.05) is 0 Å². The van der Waals surface area contributed by atoms with Crippen molar-refractivity contribution in [1.29, 1.82) is 0 Å². The van der Waals surface area contributed by atoms with Gasteiger partial charge in [0.25, 0.3) is 0 Å². The molecule has 0 unspecified atom stereocenters. The van der Waals surface area contributed by atoms with Crippen LogP contribution < -0.4 is 0 Å². The largest absolute Gasteiger partial charge is 0.244 e. The van der Waals surface area contributed by atoms with Crippen molar-refractivity contribution in [2.24, 2.45) is 11.8 Å². The maximum Gasteiger partial charge on any atom is 0.134 e. The van der Waals surface area contributed by atoms with Crippen LogP contribution >= 0.6 is 0 Å². The molecule has 0 aliphatic heterocycles. The lowest BCUT2D eigenvalue weighted by Crippen LogP contribution is -2.24. The summed E-state index contributed by atoms with van der Waals surface area (Å²) in [5, 5.41) is 0. The van der Waals surface area contributed by atoms with Gasteiger partial charge in [-0.25, -0.2) is 8.78 Å². The van der Waals surface area contributed by atoms with Gasteiger partial charge in [-0.05, 0) is 31.1 Å². The minimum absolute atomic E-state index is 0.0741. The molecule has 2 fully saturated rings. The summed E-state index contributed by atoms with van der Waals surface area (Å²) in [6.07, 6.45) is 0.411. The molecule has 2 aliphatic rings. The molecule has 2 rings (SSSR count). The van der Waals surface area contributed by atoms with Gasteiger partial charge in [-0.15, -0.1) is 0 Å². The zero-order valence-electron chi connectivity index (χ0n) is 5.19. The quantitative estimate of drug-likeness (QED) is 0.473. The first-order valence-corrected chi connectivity index (χ1v) is 3.57. The summed E-state index contributed by atoms with van der Waals surface area (Å²) in [5.41, 5.74) is 0. The Hall–Kier alpha value is -0.140. The molecule has 0 nitrogen and oxygen atoms in total. The summed E-state index contributed by atoms with van der Waals surface area (Å²) < 4.78 is 25.3. The van der Waals surface area contributed by atoms with Gasteiger partial charge in [-0.1, -0.05) is 0 Å². The molecule has 0 radical (unpaired) electrons. The minimum Gasteiger partial charge on any atom is -0.244 e. The molecule has 52 valence electrons. The first-order valence-electron chi connectivity index (χ1n) is 3.57. The van der Waals surface area contributed by atoms with Gasteiger partial charge in [0.2, 0.25) is 0 Å². The van der Waals surface area contributed by atoms with E-state index in [4.69, 9.17) is 0 Å². The Balaban J connectivity index is 2.15. The van der Waals surface area contributed by atoms with Gasteiger partial charge < -0.3 is 0 Å². The number of halogens is 2. The number of alkyl halides is 2. The van der Waals surface area contributed by atoms with Gasteiger partial charge in [0.1, 0.15) is 12.3 Å². The fourth-order valence-corrected chi connectivity index (χ4v) is 2.15. The van der Waals surface area contributed by atoms with Crippen LogP contribution in [0.1, 0.15) is 19.3 Å². The molecule has 0 aromatic carbocycles. The van der Waals surface area contributed by atoms with Crippen molar-refractivity contribution in [3.05, 3.63) is 0 Å². The average molecular weight is 132 g/mol. The smallest absolute Gasteiger partial charge is 0.134 e.